The fraction of sp³-hybridized carbons (Fsp3) is 0.800. The molecule has 0 aromatic carbocycles. The van der Waals surface area contributed by atoms with E-state index in [-0.39, 0.29) is 12.0 Å². The van der Waals surface area contributed by atoms with E-state index >= 15 is 0 Å². The SMILES string of the molecule is CCSCc1noc(C2COCC2NC)n1. The molecular formula is C10H17N3O2S. The molecule has 0 spiro atoms. The van der Waals surface area contributed by atoms with Gasteiger partial charge in [-0.2, -0.15) is 16.7 Å². The number of hydrogen-bond acceptors (Lipinski definition) is 6. The van der Waals surface area contributed by atoms with Crippen molar-refractivity contribution >= 4 is 11.8 Å². The molecule has 0 radical (unpaired) electrons. The van der Waals surface area contributed by atoms with Crippen LogP contribution in [0.5, 0.6) is 0 Å². The molecule has 1 saturated heterocycles. The first-order valence-electron chi connectivity index (χ1n) is 5.50. The fourth-order valence-corrected chi connectivity index (χ4v) is 2.26. The molecule has 6 heteroatoms. The number of likely N-dealkylation sites (N-methyl/N-ethyl adjacent to an activating group) is 1. The van der Waals surface area contributed by atoms with Crippen LogP contribution in [0, 0.1) is 0 Å². The van der Waals surface area contributed by atoms with Gasteiger partial charge in [-0.05, 0) is 12.8 Å². The normalized spacial score (nSPS) is 25.1. The van der Waals surface area contributed by atoms with Gasteiger partial charge in [0, 0.05) is 6.04 Å². The summed E-state index contributed by atoms with van der Waals surface area (Å²) in [5.74, 6) is 3.55. The minimum absolute atomic E-state index is 0.192. The highest BCUT2D eigenvalue weighted by atomic mass is 32.2. The van der Waals surface area contributed by atoms with Gasteiger partial charge in [0.2, 0.25) is 5.89 Å². The predicted molar refractivity (Wildman–Crippen MR) is 62.5 cm³/mol. The van der Waals surface area contributed by atoms with Gasteiger partial charge < -0.3 is 14.6 Å². The smallest absolute Gasteiger partial charge is 0.233 e. The quantitative estimate of drug-likeness (QED) is 0.833. The van der Waals surface area contributed by atoms with Crippen LogP contribution in [0.4, 0.5) is 0 Å². The molecule has 16 heavy (non-hydrogen) atoms. The topological polar surface area (TPSA) is 60.2 Å². The maximum atomic E-state index is 5.41. The van der Waals surface area contributed by atoms with E-state index < -0.39 is 0 Å². The lowest BCUT2D eigenvalue weighted by Gasteiger charge is -2.11. The Hall–Kier alpha value is -0.590. The third kappa shape index (κ3) is 2.56. The van der Waals surface area contributed by atoms with Crippen LogP contribution in [0.25, 0.3) is 0 Å². The molecule has 1 aliphatic heterocycles. The number of ether oxygens (including phenoxy) is 1. The third-order valence-corrected chi connectivity index (χ3v) is 3.56. The molecule has 5 nitrogen and oxygen atoms in total. The summed E-state index contributed by atoms with van der Waals surface area (Å²) in [4.78, 5) is 4.41. The van der Waals surface area contributed by atoms with Crippen LogP contribution in [-0.4, -0.2) is 42.2 Å². The van der Waals surface area contributed by atoms with Crippen LogP contribution in [0.2, 0.25) is 0 Å². The second-order valence-electron chi connectivity index (χ2n) is 3.73. The molecule has 1 fully saturated rings. The monoisotopic (exact) mass is 243 g/mol. The molecule has 2 unspecified atom stereocenters. The van der Waals surface area contributed by atoms with Crippen molar-refractivity contribution in [3.05, 3.63) is 11.7 Å². The lowest BCUT2D eigenvalue weighted by atomic mass is 10.0. The average Bonchev–Trinajstić information content (AvgIpc) is 2.94. The molecule has 0 amide bonds. The van der Waals surface area contributed by atoms with E-state index in [4.69, 9.17) is 9.26 Å². The number of nitrogens with one attached hydrogen (secondary N) is 1. The van der Waals surface area contributed by atoms with Gasteiger partial charge >= 0.3 is 0 Å². The van der Waals surface area contributed by atoms with Gasteiger partial charge in [-0.15, -0.1) is 0 Å². The summed E-state index contributed by atoms with van der Waals surface area (Å²) < 4.78 is 10.7. The summed E-state index contributed by atoms with van der Waals surface area (Å²) in [6, 6.07) is 0.284. The van der Waals surface area contributed by atoms with E-state index in [0.29, 0.717) is 19.1 Å². The number of nitrogens with zero attached hydrogens (tertiary/aromatic N) is 2. The summed E-state index contributed by atoms with van der Waals surface area (Å²) in [7, 11) is 1.93. The van der Waals surface area contributed by atoms with Gasteiger partial charge in [-0.1, -0.05) is 12.1 Å². The minimum atomic E-state index is 0.192. The molecule has 1 aromatic heterocycles. The summed E-state index contributed by atoms with van der Waals surface area (Å²) in [5.41, 5.74) is 0. The maximum absolute atomic E-state index is 5.41. The molecule has 2 rings (SSSR count). The zero-order valence-corrected chi connectivity index (χ0v) is 10.4. The first-order valence-corrected chi connectivity index (χ1v) is 6.65. The average molecular weight is 243 g/mol. The Morgan fingerprint density at radius 3 is 3.12 bits per heavy atom. The number of aromatic nitrogens is 2. The zero-order chi connectivity index (χ0) is 11.4. The fourth-order valence-electron chi connectivity index (χ4n) is 1.75. The highest BCUT2D eigenvalue weighted by Gasteiger charge is 2.32. The summed E-state index contributed by atoms with van der Waals surface area (Å²) >= 11 is 1.79. The van der Waals surface area contributed by atoms with Crippen LogP contribution < -0.4 is 5.32 Å². The van der Waals surface area contributed by atoms with Gasteiger partial charge in [-0.3, -0.25) is 0 Å². The standard InChI is InChI=1S/C10H17N3O2S/c1-3-16-6-9-12-10(15-13-9)7-4-14-5-8(7)11-2/h7-8,11H,3-6H2,1-2H3. The molecule has 2 heterocycles. The highest BCUT2D eigenvalue weighted by molar-refractivity contribution is 7.98. The van der Waals surface area contributed by atoms with Gasteiger partial charge in [0.15, 0.2) is 5.82 Å². The summed E-state index contributed by atoms with van der Waals surface area (Å²) in [6.07, 6.45) is 0. The Morgan fingerprint density at radius 2 is 2.38 bits per heavy atom. The van der Waals surface area contributed by atoms with E-state index in [2.05, 4.69) is 22.4 Å². The van der Waals surface area contributed by atoms with Gasteiger partial charge in [0.05, 0.1) is 24.9 Å². The molecule has 2 atom stereocenters. The molecule has 0 bridgehead atoms. The summed E-state index contributed by atoms with van der Waals surface area (Å²) in [5, 5.41) is 7.18. The largest absolute Gasteiger partial charge is 0.379 e. The van der Waals surface area contributed by atoms with Crippen molar-refractivity contribution < 1.29 is 9.26 Å². The lowest BCUT2D eigenvalue weighted by molar-refractivity contribution is 0.185. The number of rotatable bonds is 5. The van der Waals surface area contributed by atoms with Crippen molar-refractivity contribution in [1.82, 2.24) is 15.5 Å². The number of thioether (sulfide) groups is 1. The van der Waals surface area contributed by atoms with Crippen LogP contribution >= 0.6 is 11.8 Å². The Balaban J connectivity index is 2.00. The molecular weight excluding hydrogens is 226 g/mol. The second-order valence-corrected chi connectivity index (χ2v) is 5.00. The van der Waals surface area contributed by atoms with Gasteiger partial charge in [0.1, 0.15) is 0 Å². The summed E-state index contributed by atoms with van der Waals surface area (Å²) in [6.45, 7) is 3.49. The first-order chi connectivity index (χ1) is 7.85. The Bertz CT molecular complexity index is 332. The Morgan fingerprint density at radius 1 is 1.50 bits per heavy atom. The Labute approximate surface area is 99.3 Å². The van der Waals surface area contributed by atoms with Crippen molar-refractivity contribution in [3.8, 4) is 0 Å². The van der Waals surface area contributed by atoms with E-state index in [1.165, 1.54) is 0 Å². The van der Waals surface area contributed by atoms with Gasteiger partial charge in [-0.25, -0.2) is 0 Å². The third-order valence-electron chi connectivity index (χ3n) is 2.69. The Kier molecular flexibility index (Phi) is 4.20. The molecule has 0 saturated carbocycles. The van der Waals surface area contributed by atoms with Gasteiger partial charge in [0.25, 0.3) is 0 Å². The molecule has 1 N–H and O–H groups in total. The maximum Gasteiger partial charge on any atom is 0.233 e. The zero-order valence-electron chi connectivity index (χ0n) is 9.60. The minimum Gasteiger partial charge on any atom is -0.379 e. The molecule has 1 aromatic rings. The number of hydrogen-bond donors (Lipinski definition) is 1. The van der Waals surface area contributed by atoms with Crippen molar-refractivity contribution in [1.29, 1.82) is 0 Å². The van der Waals surface area contributed by atoms with E-state index in [0.717, 1.165) is 17.3 Å². The van der Waals surface area contributed by atoms with Crippen LogP contribution in [0.3, 0.4) is 0 Å². The van der Waals surface area contributed by atoms with Crippen molar-refractivity contribution in [3.63, 3.8) is 0 Å². The predicted octanol–water partition coefficient (Wildman–Crippen LogP) is 1.02. The first kappa shape index (κ1) is 11.9. The van der Waals surface area contributed by atoms with Crippen molar-refractivity contribution in [2.24, 2.45) is 0 Å². The lowest BCUT2D eigenvalue weighted by Crippen LogP contribution is -2.31. The van der Waals surface area contributed by atoms with E-state index in [1.807, 2.05) is 7.05 Å². The highest BCUT2D eigenvalue weighted by Crippen LogP contribution is 2.24. The second kappa shape index (κ2) is 5.65. The van der Waals surface area contributed by atoms with E-state index in [9.17, 15) is 0 Å². The molecule has 1 aliphatic rings. The molecule has 90 valence electrons. The van der Waals surface area contributed by atoms with Crippen LogP contribution in [0.1, 0.15) is 24.6 Å². The van der Waals surface area contributed by atoms with Crippen LogP contribution in [0.15, 0.2) is 4.52 Å². The van der Waals surface area contributed by atoms with Crippen molar-refractivity contribution in [2.45, 2.75) is 24.6 Å². The van der Waals surface area contributed by atoms with E-state index in [1.54, 1.807) is 11.8 Å². The van der Waals surface area contributed by atoms with Crippen LogP contribution in [-0.2, 0) is 10.5 Å². The van der Waals surface area contributed by atoms with Crippen molar-refractivity contribution in [2.75, 3.05) is 26.0 Å². The molecule has 0 aliphatic carbocycles.